The molecule has 0 aromatic heterocycles. The Balaban J connectivity index is 0.000000860. The molecular formula is C85H138N4O37. The van der Waals surface area contributed by atoms with Crippen LogP contribution in [0.25, 0.3) is 0 Å². The van der Waals surface area contributed by atoms with Gasteiger partial charge in [0.15, 0.2) is 42.9 Å². The fraction of sp³-hybridized carbons (Fsp3) is 0.788. The summed E-state index contributed by atoms with van der Waals surface area (Å²) in [4.78, 5) is 218. The van der Waals surface area contributed by atoms with Crippen LogP contribution in [0.3, 0.4) is 0 Å². The summed E-state index contributed by atoms with van der Waals surface area (Å²) < 4.78 is 78.0. The van der Waals surface area contributed by atoms with Gasteiger partial charge in [-0.25, -0.2) is 0 Å². The molecule has 4 saturated heterocycles. The molecular weight excluding hydrogens is 1670 g/mol. The standard InChI is InChI=1S/C27H43NO11.C24H39NO9.C23H37NO10.C11H19NO7/c1-6-10-20(31)35-16-18-25(37-21(32)11-7-2)26(38-22(33)12-8-3)24(28-19(30)15-14-17(5)29)27(36-18)39-23(34)13-9-4;1-6-10-18(28)32-22-16(9-4)31-24(34-20(30)12-8-3)21(23(22)33-19(29)11-7-2)25-17(27)14-13-15(5)26;1-5-8-17(28)32-21-15(13-25)31-23(34-19(30)10-7-3)20(22(21)33-18(29)9-6-2)24-16(27)12-11-14(4)26;1-5(14)2-3-7(15)12-8-10(17)9(16)6(4-13)19-11(8)18/h18,24-27H,6-16H2,1-5H3,(H,28,30);16,21-24H,6-14H2,1-5H3,(H,25,27);15,20-23,25H,5-13H2,1-4H3,(H,24,27);6,8-11,13,16-18H,2-4H2,1H3,(H,12,15)/t18?,24?,25-,26-,27?;16?,21?,22-,23-,24?;15?,20?,21-,22-,23?;6?,8?,9-,10-,11?/m1111/s1. The Hall–Kier alpha value is -9.10. The van der Waals surface area contributed by atoms with Gasteiger partial charge < -0.3 is 132 Å². The van der Waals surface area contributed by atoms with Crippen LogP contribution in [0.1, 0.15) is 290 Å². The molecule has 0 bridgehead atoms. The number of carbonyl (C=O) groups is 18. The summed E-state index contributed by atoms with van der Waals surface area (Å²) in [6.07, 6.45) is -14.2. The zero-order valence-electron chi connectivity index (χ0n) is 75.5. The molecule has 4 aliphatic heterocycles. The van der Waals surface area contributed by atoms with E-state index in [2.05, 4.69) is 21.3 Å². The zero-order valence-corrected chi connectivity index (χ0v) is 75.5. The average molecular weight is 1810 g/mol. The maximum Gasteiger partial charge on any atom is 0.308 e. The summed E-state index contributed by atoms with van der Waals surface area (Å²) in [5.74, 6) is -8.74. The van der Waals surface area contributed by atoms with E-state index in [0.29, 0.717) is 70.6 Å². The Bertz CT molecular complexity index is 3330. The third-order valence-corrected chi connectivity index (χ3v) is 18.8. The topological polar surface area (TPSA) is 586 Å². The summed E-state index contributed by atoms with van der Waals surface area (Å²) in [7, 11) is 0. The van der Waals surface area contributed by atoms with Crippen molar-refractivity contribution >= 4 is 106 Å². The molecule has 0 aromatic carbocycles. The highest BCUT2D eigenvalue weighted by atomic mass is 16.7. The minimum Gasteiger partial charge on any atom is -0.463 e. The number of ketones is 4. The van der Waals surface area contributed by atoms with Crippen molar-refractivity contribution in [3.8, 4) is 0 Å². The van der Waals surface area contributed by atoms with Gasteiger partial charge in [-0.3, -0.25) is 67.1 Å². The quantitative estimate of drug-likeness (QED) is 0.0307. The zero-order chi connectivity index (χ0) is 95.3. The van der Waals surface area contributed by atoms with Crippen molar-refractivity contribution in [2.45, 2.75) is 413 Å². The number of amides is 4. The second kappa shape index (κ2) is 63.8. The number of nitrogens with one attached hydrogen (secondary N) is 4. The van der Waals surface area contributed by atoms with E-state index in [9.17, 15) is 107 Å². The van der Waals surface area contributed by atoms with E-state index in [0.717, 1.165) is 0 Å². The highest BCUT2D eigenvalue weighted by Crippen LogP contribution is 2.34. The molecule has 720 valence electrons. The lowest BCUT2D eigenvalue weighted by molar-refractivity contribution is -0.272. The third-order valence-electron chi connectivity index (χ3n) is 18.8. The highest BCUT2D eigenvalue weighted by Gasteiger charge is 2.56. The molecule has 20 atom stereocenters. The van der Waals surface area contributed by atoms with Crippen LogP contribution in [0.5, 0.6) is 0 Å². The Morgan fingerprint density at radius 1 is 0.254 bits per heavy atom. The fourth-order valence-corrected chi connectivity index (χ4v) is 12.5. The Kier molecular flexibility index (Phi) is 58.2. The molecule has 41 nitrogen and oxygen atoms in total. The van der Waals surface area contributed by atoms with Gasteiger partial charge in [-0.05, 0) is 98.3 Å². The smallest absolute Gasteiger partial charge is 0.308 e. The van der Waals surface area contributed by atoms with Gasteiger partial charge >= 0.3 is 59.7 Å². The second-order valence-electron chi connectivity index (χ2n) is 30.5. The first kappa shape index (κ1) is 115. The first-order chi connectivity index (χ1) is 59.7. The molecule has 0 saturated carbocycles. The molecule has 12 unspecified atom stereocenters. The molecule has 0 aromatic rings. The van der Waals surface area contributed by atoms with Crippen LogP contribution in [-0.2, 0) is 153 Å². The van der Waals surface area contributed by atoms with Crippen LogP contribution in [0.2, 0.25) is 0 Å². The number of Topliss-reactive ketones (excluding diaryl/α,β-unsaturated/α-hetero) is 4. The van der Waals surface area contributed by atoms with E-state index in [1.54, 1.807) is 55.4 Å². The largest absolute Gasteiger partial charge is 0.463 e. The fourth-order valence-electron chi connectivity index (χ4n) is 12.5. The molecule has 4 amide bonds. The molecule has 41 heteroatoms. The van der Waals surface area contributed by atoms with Gasteiger partial charge in [-0.15, -0.1) is 0 Å². The van der Waals surface area contributed by atoms with E-state index in [1.807, 2.05) is 20.8 Å². The number of hydrogen-bond donors (Lipinski definition) is 9. The molecule has 4 aliphatic rings. The van der Waals surface area contributed by atoms with Gasteiger partial charge in [-0.1, -0.05) is 76.2 Å². The van der Waals surface area contributed by atoms with Crippen molar-refractivity contribution in [1.82, 2.24) is 21.3 Å². The Labute approximate surface area is 735 Å². The summed E-state index contributed by atoms with van der Waals surface area (Å²) in [5, 5.41) is 58.0. The normalized spacial score (nSPS) is 25.2. The van der Waals surface area contributed by atoms with Gasteiger partial charge in [0.1, 0.15) is 90.5 Å². The molecule has 126 heavy (non-hydrogen) atoms. The number of aliphatic hydroxyl groups is 5. The maximum atomic E-state index is 12.8. The molecule has 4 rings (SSSR count). The lowest BCUT2D eigenvalue weighted by Crippen LogP contribution is -2.67. The van der Waals surface area contributed by atoms with E-state index in [-0.39, 0.29) is 145 Å². The lowest BCUT2D eigenvalue weighted by Gasteiger charge is -2.45. The monoisotopic (exact) mass is 1810 g/mol. The maximum absolute atomic E-state index is 12.8. The van der Waals surface area contributed by atoms with E-state index in [4.69, 9.17) is 71.4 Å². The summed E-state index contributed by atoms with van der Waals surface area (Å²) in [6, 6.07) is -4.84. The number of esters is 10. The van der Waals surface area contributed by atoms with Crippen LogP contribution in [0.4, 0.5) is 0 Å². The van der Waals surface area contributed by atoms with E-state index in [1.165, 1.54) is 27.7 Å². The molecule has 4 heterocycles. The first-order valence-electron chi connectivity index (χ1n) is 43.7. The molecule has 9 N–H and O–H groups in total. The van der Waals surface area contributed by atoms with Crippen LogP contribution < -0.4 is 21.3 Å². The lowest BCUT2D eigenvalue weighted by atomic mass is 9.94. The molecule has 0 aliphatic carbocycles. The number of rotatable bonds is 50. The van der Waals surface area contributed by atoms with Crippen molar-refractivity contribution in [3.63, 3.8) is 0 Å². The Morgan fingerprint density at radius 2 is 0.484 bits per heavy atom. The van der Waals surface area contributed by atoms with Crippen molar-refractivity contribution in [3.05, 3.63) is 0 Å². The molecule has 4 fully saturated rings. The number of aliphatic hydroxyl groups excluding tert-OH is 5. The summed E-state index contributed by atoms with van der Waals surface area (Å²) >= 11 is 0. The minimum absolute atomic E-state index is 0.0197. The highest BCUT2D eigenvalue weighted by molar-refractivity contribution is 5.86. The second-order valence-corrected chi connectivity index (χ2v) is 30.5. The SMILES string of the molecule is CC(=O)CCC(=O)NC1C(O)OC(CO)[C@@H](O)[C@@H]1O.CCCC(=O)OC1OC(CC)[C@@H](OC(=O)CCC)[C@H](OC(=O)CCC)C1NC(=O)CCC(C)=O.CCCC(=O)OC1OC(CO)[C@@H](OC(=O)CCC)[C@H](OC(=O)CCC)C1NC(=O)CCC(C)=O.CCCC(=O)OCC1OC(OC(=O)CCC)C(NC(=O)CCC(C)=O)[C@@H](OC(=O)CCC)[C@@H]1OC(=O)CCC. The minimum atomic E-state index is -1.54. The van der Waals surface area contributed by atoms with Crippen LogP contribution in [0.15, 0.2) is 0 Å². The predicted molar refractivity (Wildman–Crippen MR) is 438 cm³/mol. The van der Waals surface area contributed by atoms with Gasteiger partial charge in [0.2, 0.25) is 42.5 Å². The third kappa shape index (κ3) is 44.1. The van der Waals surface area contributed by atoms with Gasteiger partial charge in [0.05, 0.1) is 13.2 Å². The van der Waals surface area contributed by atoms with Gasteiger partial charge in [-0.2, -0.15) is 0 Å². The van der Waals surface area contributed by atoms with E-state index < -0.39 is 219 Å². The molecule has 0 spiro atoms. The van der Waals surface area contributed by atoms with Gasteiger partial charge in [0, 0.05) is 116 Å². The first-order valence-corrected chi connectivity index (χ1v) is 43.7. The van der Waals surface area contributed by atoms with E-state index >= 15 is 0 Å². The number of ether oxygens (including phenoxy) is 14. The van der Waals surface area contributed by atoms with Crippen LogP contribution >= 0.6 is 0 Å². The number of carbonyl (C=O) groups excluding carboxylic acids is 18. The van der Waals surface area contributed by atoms with Crippen molar-refractivity contribution in [1.29, 1.82) is 0 Å². The Morgan fingerprint density at radius 3 is 0.746 bits per heavy atom. The van der Waals surface area contributed by atoms with Crippen LogP contribution in [-0.4, -0.2) is 274 Å². The van der Waals surface area contributed by atoms with Gasteiger partial charge in [0.25, 0.3) is 0 Å². The summed E-state index contributed by atoms with van der Waals surface area (Å²) in [5.41, 5.74) is 0. The molecule has 0 radical (unpaired) electrons. The summed E-state index contributed by atoms with van der Waals surface area (Å²) in [6.45, 7) is 23.6. The number of hydrogen-bond acceptors (Lipinski definition) is 37. The average Bonchev–Trinajstić information content (AvgIpc) is 0.782. The van der Waals surface area contributed by atoms with Crippen molar-refractivity contribution < 1.29 is 178 Å². The van der Waals surface area contributed by atoms with Crippen molar-refractivity contribution in [2.75, 3.05) is 19.8 Å². The van der Waals surface area contributed by atoms with Crippen molar-refractivity contribution in [2.24, 2.45) is 0 Å². The predicted octanol–water partition coefficient (Wildman–Crippen LogP) is 4.01. The van der Waals surface area contributed by atoms with Crippen LogP contribution in [0, 0.1) is 0 Å².